The van der Waals surface area contributed by atoms with E-state index in [-0.39, 0.29) is 0 Å². The highest BCUT2D eigenvalue weighted by molar-refractivity contribution is 8.00. The fourth-order valence-corrected chi connectivity index (χ4v) is 2.64. The van der Waals surface area contributed by atoms with Crippen molar-refractivity contribution in [2.45, 2.75) is 25.5 Å². The number of nitrogens with zero attached hydrogens (tertiary/aromatic N) is 1. The van der Waals surface area contributed by atoms with Gasteiger partial charge in [-0.25, -0.2) is 0 Å². The second-order valence-corrected chi connectivity index (χ2v) is 4.32. The molecule has 0 spiro atoms. The Kier molecular flexibility index (Phi) is 1.95. The third-order valence-corrected chi connectivity index (χ3v) is 3.39. The van der Waals surface area contributed by atoms with Crippen LogP contribution in [0.5, 0.6) is 0 Å². The van der Waals surface area contributed by atoms with Crippen molar-refractivity contribution in [1.29, 1.82) is 0 Å². The van der Waals surface area contributed by atoms with Crippen LogP contribution >= 0.6 is 11.8 Å². The lowest BCUT2D eigenvalue weighted by Gasteiger charge is -2.43. The largest absolute Gasteiger partial charge is 0.411 e. The summed E-state index contributed by atoms with van der Waals surface area (Å²) in [7, 11) is 0. The maximum Gasteiger partial charge on any atom is 0.0711 e. The lowest BCUT2D eigenvalue weighted by atomic mass is 9.70. The molecule has 0 bridgehead atoms. The van der Waals surface area contributed by atoms with Gasteiger partial charge in [0.25, 0.3) is 0 Å². The van der Waals surface area contributed by atoms with Crippen LogP contribution in [0.15, 0.2) is 5.16 Å². The smallest absolute Gasteiger partial charge is 0.0711 e. The number of rotatable bonds is 1. The molecule has 0 amide bonds. The second-order valence-electron chi connectivity index (χ2n) is 3.37. The summed E-state index contributed by atoms with van der Waals surface area (Å²) in [5.74, 6) is 0. The van der Waals surface area contributed by atoms with E-state index in [2.05, 4.69) is 25.3 Å². The molecule has 1 saturated carbocycles. The average molecular weight is 159 g/mol. The summed E-state index contributed by atoms with van der Waals surface area (Å²) in [5, 5.41) is 12.2. The average Bonchev–Trinajstić information content (AvgIpc) is 1.84. The minimum atomic E-state index is 0.334. The monoisotopic (exact) mass is 159 g/mol. The van der Waals surface area contributed by atoms with Gasteiger partial charge in [0.1, 0.15) is 0 Å². The van der Waals surface area contributed by atoms with Crippen molar-refractivity contribution in [2.75, 3.05) is 6.26 Å². The lowest BCUT2D eigenvalue weighted by molar-refractivity contribution is 0.284. The zero-order valence-electron chi connectivity index (χ0n) is 6.59. The summed E-state index contributed by atoms with van der Waals surface area (Å²) in [4.78, 5) is 0. The maximum atomic E-state index is 8.49. The van der Waals surface area contributed by atoms with E-state index in [0.717, 1.165) is 12.1 Å². The van der Waals surface area contributed by atoms with E-state index in [0.29, 0.717) is 10.7 Å². The Morgan fingerprint density at radius 3 is 2.50 bits per heavy atom. The van der Waals surface area contributed by atoms with Crippen LogP contribution < -0.4 is 0 Å². The van der Waals surface area contributed by atoms with E-state index in [1.165, 1.54) is 0 Å². The molecule has 3 heteroatoms. The zero-order chi connectivity index (χ0) is 7.78. The van der Waals surface area contributed by atoms with E-state index in [9.17, 15) is 0 Å². The molecule has 0 radical (unpaired) electrons. The Balaban J connectivity index is 2.63. The minimum absolute atomic E-state index is 0.334. The Morgan fingerprint density at radius 2 is 2.30 bits per heavy atom. The molecule has 0 aromatic heterocycles. The molecule has 58 valence electrons. The molecule has 1 atom stereocenters. The van der Waals surface area contributed by atoms with E-state index in [1.807, 2.05) is 0 Å². The van der Waals surface area contributed by atoms with Gasteiger partial charge < -0.3 is 5.21 Å². The van der Waals surface area contributed by atoms with Crippen molar-refractivity contribution < 1.29 is 5.21 Å². The van der Waals surface area contributed by atoms with Crippen LogP contribution in [0.25, 0.3) is 0 Å². The molecule has 1 aliphatic rings. The Bertz CT molecular complexity index is 165. The van der Waals surface area contributed by atoms with Crippen LogP contribution in [-0.4, -0.2) is 22.4 Å². The minimum Gasteiger partial charge on any atom is -0.411 e. The van der Waals surface area contributed by atoms with Crippen LogP contribution in [0.4, 0.5) is 0 Å². The lowest BCUT2D eigenvalue weighted by Crippen LogP contribution is -2.47. The molecule has 1 fully saturated rings. The molecular weight excluding hydrogens is 146 g/mol. The fraction of sp³-hybridized carbons (Fsp3) is 0.857. The van der Waals surface area contributed by atoms with Gasteiger partial charge in [-0.2, -0.15) is 11.8 Å². The Labute approximate surface area is 65.7 Å². The molecule has 0 heterocycles. The van der Waals surface area contributed by atoms with Crippen LogP contribution in [-0.2, 0) is 0 Å². The SMILES string of the molecule is CSC1C(=NO)CC1(C)C. The first-order chi connectivity index (χ1) is 4.61. The van der Waals surface area contributed by atoms with Crippen LogP contribution in [0.1, 0.15) is 20.3 Å². The van der Waals surface area contributed by atoms with Crippen LogP contribution in [0.3, 0.4) is 0 Å². The van der Waals surface area contributed by atoms with Gasteiger partial charge in [0.05, 0.1) is 11.0 Å². The number of hydrogen-bond donors (Lipinski definition) is 1. The highest BCUT2D eigenvalue weighted by Gasteiger charge is 2.44. The Morgan fingerprint density at radius 1 is 1.70 bits per heavy atom. The number of oxime groups is 1. The first kappa shape index (κ1) is 7.92. The van der Waals surface area contributed by atoms with E-state index >= 15 is 0 Å². The zero-order valence-corrected chi connectivity index (χ0v) is 7.40. The normalized spacial score (nSPS) is 33.9. The van der Waals surface area contributed by atoms with Gasteiger partial charge in [-0.15, -0.1) is 0 Å². The van der Waals surface area contributed by atoms with Gasteiger partial charge in [0.15, 0.2) is 0 Å². The van der Waals surface area contributed by atoms with Crippen molar-refractivity contribution in [1.82, 2.24) is 0 Å². The van der Waals surface area contributed by atoms with Gasteiger partial charge in [0.2, 0.25) is 0 Å². The molecule has 0 aromatic rings. The molecule has 1 aliphatic carbocycles. The number of thioether (sulfide) groups is 1. The van der Waals surface area contributed by atoms with Gasteiger partial charge in [-0.1, -0.05) is 19.0 Å². The molecule has 10 heavy (non-hydrogen) atoms. The van der Waals surface area contributed by atoms with E-state index in [1.54, 1.807) is 11.8 Å². The molecule has 1 rings (SSSR count). The van der Waals surface area contributed by atoms with Gasteiger partial charge in [-0.05, 0) is 18.1 Å². The highest BCUT2D eigenvalue weighted by Crippen LogP contribution is 2.44. The third kappa shape index (κ3) is 1.03. The van der Waals surface area contributed by atoms with Crippen molar-refractivity contribution in [3.05, 3.63) is 0 Å². The predicted molar refractivity (Wildman–Crippen MR) is 44.9 cm³/mol. The van der Waals surface area contributed by atoms with E-state index in [4.69, 9.17) is 5.21 Å². The first-order valence-corrected chi connectivity index (χ1v) is 4.64. The molecule has 0 aromatic carbocycles. The predicted octanol–water partition coefficient (Wildman–Crippen LogP) is 1.98. The summed E-state index contributed by atoms with van der Waals surface area (Å²) in [6.07, 6.45) is 2.99. The van der Waals surface area contributed by atoms with Crippen LogP contribution in [0, 0.1) is 5.41 Å². The summed E-state index contributed by atoms with van der Waals surface area (Å²) in [5.41, 5.74) is 1.28. The van der Waals surface area contributed by atoms with Gasteiger partial charge in [-0.3, -0.25) is 0 Å². The summed E-state index contributed by atoms with van der Waals surface area (Å²) in [6.45, 7) is 4.39. The molecule has 0 saturated heterocycles. The second kappa shape index (κ2) is 2.46. The Hall–Kier alpha value is -0.180. The molecule has 0 aliphatic heterocycles. The highest BCUT2D eigenvalue weighted by atomic mass is 32.2. The molecule has 1 N–H and O–H groups in total. The fourth-order valence-electron chi connectivity index (χ4n) is 1.52. The summed E-state index contributed by atoms with van der Waals surface area (Å²) in [6, 6.07) is 0. The maximum absolute atomic E-state index is 8.49. The summed E-state index contributed by atoms with van der Waals surface area (Å²) >= 11 is 1.76. The quantitative estimate of drug-likeness (QED) is 0.468. The van der Waals surface area contributed by atoms with Crippen molar-refractivity contribution >= 4 is 17.5 Å². The molecular formula is C7H13NOS. The van der Waals surface area contributed by atoms with Crippen molar-refractivity contribution in [2.24, 2.45) is 10.6 Å². The number of hydrogen-bond acceptors (Lipinski definition) is 3. The molecule has 2 nitrogen and oxygen atoms in total. The molecule has 1 unspecified atom stereocenters. The first-order valence-electron chi connectivity index (χ1n) is 3.35. The third-order valence-electron chi connectivity index (χ3n) is 2.01. The van der Waals surface area contributed by atoms with Crippen molar-refractivity contribution in [3.63, 3.8) is 0 Å². The van der Waals surface area contributed by atoms with Crippen LogP contribution in [0.2, 0.25) is 0 Å². The summed E-state index contributed by atoms with van der Waals surface area (Å²) < 4.78 is 0. The van der Waals surface area contributed by atoms with Gasteiger partial charge in [0, 0.05) is 0 Å². The van der Waals surface area contributed by atoms with Crippen molar-refractivity contribution in [3.8, 4) is 0 Å². The topological polar surface area (TPSA) is 32.6 Å². The van der Waals surface area contributed by atoms with E-state index < -0.39 is 0 Å². The van der Waals surface area contributed by atoms with Gasteiger partial charge >= 0.3 is 0 Å². The standard InChI is InChI=1S/C7H13NOS/c1-7(2)4-5(8-9)6(7)10-3/h6,9H,4H2,1-3H3.